The molecule has 1 rings (SSSR count). The third-order valence-electron chi connectivity index (χ3n) is 3.92. The SMILES string of the molecule is CC(c1ccccc1)[C@H](C)C(C)(C)CC=O. The average molecular weight is 218 g/mol. The maximum atomic E-state index is 10.7. The number of rotatable bonds is 5. The summed E-state index contributed by atoms with van der Waals surface area (Å²) in [5.41, 5.74) is 1.42. The first kappa shape index (κ1) is 13.0. The molecule has 0 aliphatic rings. The number of carbonyl (C=O) groups excluding carboxylic acids is 1. The third-order valence-corrected chi connectivity index (χ3v) is 3.92. The Morgan fingerprint density at radius 3 is 2.25 bits per heavy atom. The van der Waals surface area contributed by atoms with Crippen LogP contribution in [0.25, 0.3) is 0 Å². The second-order valence-electron chi connectivity index (χ2n) is 5.35. The number of carbonyl (C=O) groups is 1. The molecule has 1 nitrogen and oxygen atoms in total. The van der Waals surface area contributed by atoms with Crippen LogP contribution in [0.2, 0.25) is 0 Å². The molecule has 1 aromatic carbocycles. The normalized spacial score (nSPS) is 15.5. The summed E-state index contributed by atoms with van der Waals surface area (Å²) in [5, 5.41) is 0. The Balaban J connectivity index is 2.82. The van der Waals surface area contributed by atoms with Crippen molar-refractivity contribution >= 4 is 6.29 Å². The molecule has 0 amide bonds. The fourth-order valence-electron chi connectivity index (χ4n) is 2.12. The quantitative estimate of drug-likeness (QED) is 0.682. The molecule has 0 bridgehead atoms. The van der Waals surface area contributed by atoms with Crippen LogP contribution in [0.15, 0.2) is 30.3 Å². The molecule has 88 valence electrons. The van der Waals surface area contributed by atoms with E-state index in [-0.39, 0.29) is 5.41 Å². The van der Waals surface area contributed by atoms with Crippen molar-refractivity contribution in [3.8, 4) is 0 Å². The highest BCUT2D eigenvalue weighted by Gasteiger charge is 2.30. The van der Waals surface area contributed by atoms with Gasteiger partial charge in [-0.2, -0.15) is 0 Å². The predicted octanol–water partition coefficient (Wildman–Crippen LogP) is 4.04. The van der Waals surface area contributed by atoms with E-state index in [4.69, 9.17) is 0 Å². The van der Waals surface area contributed by atoms with E-state index in [1.54, 1.807) is 0 Å². The van der Waals surface area contributed by atoms with Gasteiger partial charge in [-0.25, -0.2) is 0 Å². The monoisotopic (exact) mass is 218 g/mol. The lowest BCUT2D eigenvalue weighted by atomic mass is 9.70. The van der Waals surface area contributed by atoms with Crippen molar-refractivity contribution in [1.29, 1.82) is 0 Å². The first-order valence-electron chi connectivity index (χ1n) is 5.97. The average Bonchev–Trinajstić information content (AvgIpc) is 2.28. The summed E-state index contributed by atoms with van der Waals surface area (Å²) in [6.45, 7) is 8.82. The number of hydrogen-bond acceptors (Lipinski definition) is 1. The van der Waals surface area contributed by atoms with Gasteiger partial charge in [0.2, 0.25) is 0 Å². The molecule has 0 aliphatic carbocycles. The molecule has 0 fully saturated rings. The highest BCUT2D eigenvalue weighted by molar-refractivity contribution is 5.50. The Morgan fingerprint density at radius 2 is 1.75 bits per heavy atom. The Bertz CT molecular complexity index is 327. The van der Waals surface area contributed by atoms with Gasteiger partial charge >= 0.3 is 0 Å². The lowest BCUT2D eigenvalue weighted by Gasteiger charge is -2.34. The Morgan fingerprint density at radius 1 is 1.19 bits per heavy atom. The van der Waals surface area contributed by atoms with E-state index in [1.807, 2.05) is 6.07 Å². The maximum Gasteiger partial charge on any atom is 0.120 e. The molecule has 0 heterocycles. The van der Waals surface area contributed by atoms with Gasteiger partial charge in [-0.15, -0.1) is 0 Å². The standard InChI is InChI=1S/C15H22O/c1-12(14-8-6-5-7-9-14)13(2)15(3,4)10-11-16/h5-9,11-13H,10H2,1-4H3/t12?,13-/m0/s1. The second-order valence-corrected chi connectivity index (χ2v) is 5.35. The van der Waals surface area contributed by atoms with Crippen LogP contribution in [-0.4, -0.2) is 6.29 Å². The van der Waals surface area contributed by atoms with Crippen LogP contribution in [0.4, 0.5) is 0 Å². The van der Waals surface area contributed by atoms with Gasteiger partial charge in [-0.3, -0.25) is 0 Å². The Labute approximate surface area is 98.9 Å². The zero-order valence-electron chi connectivity index (χ0n) is 10.7. The summed E-state index contributed by atoms with van der Waals surface area (Å²) in [5.74, 6) is 0.969. The number of aldehydes is 1. The van der Waals surface area contributed by atoms with Crippen LogP contribution in [0.5, 0.6) is 0 Å². The summed E-state index contributed by atoms with van der Waals surface area (Å²) in [6.07, 6.45) is 1.67. The van der Waals surface area contributed by atoms with Gasteiger partial charge in [0, 0.05) is 6.42 Å². The van der Waals surface area contributed by atoms with E-state index < -0.39 is 0 Å². The van der Waals surface area contributed by atoms with Crippen molar-refractivity contribution in [3.05, 3.63) is 35.9 Å². The molecular weight excluding hydrogens is 196 g/mol. The van der Waals surface area contributed by atoms with Gasteiger partial charge in [-0.1, -0.05) is 58.0 Å². The van der Waals surface area contributed by atoms with Crippen molar-refractivity contribution in [2.75, 3.05) is 0 Å². The summed E-state index contributed by atoms with van der Waals surface area (Å²) in [6, 6.07) is 10.5. The maximum absolute atomic E-state index is 10.7. The molecule has 0 saturated carbocycles. The lowest BCUT2D eigenvalue weighted by Crippen LogP contribution is -2.26. The van der Waals surface area contributed by atoms with E-state index in [0.717, 1.165) is 6.29 Å². The van der Waals surface area contributed by atoms with E-state index in [2.05, 4.69) is 52.0 Å². The molecule has 0 aromatic heterocycles. The molecule has 1 unspecified atom stereocenters. The molecule has 0 N–H and O–H groups in total. The van der Waals surface area contributed by atoms with Crippen LogP contribution in [0.1, 0.15) is 45.6 Å². The van der Waals surface area contributed by atoms with Crippen molar-refractivity contribution in [3.63, 3.8) is 0 Å². The van der Waals surface area contributed by atoms with E-state index >= 15 is 0 Å². The van der Waals surface area contributed by atoms with Crippen LogP contribution >= 0.6 is 0 Å². The fraction of sp³-hybridized carbons (Fsp3) is 0.533. The highest BCUT2D eigenvalue weighted by atomic mass is 16.1. The minimum absolute atomic E-state index is 0.0665. The molecule has 0 saturated heterocycles. The molecule has 0 aliphatic heterocycles. The topological polar surface area (TPSA) is 17.1 Å². The minimum atomic E-state index is 0.0665. The van der Waals surface area contributed by atoms with E-state index in [0.29, 0.717) is 18.3 Å². The van der Waals surface area contributed by atoms with Gasteiger partial charge in [0.25, 0.3) is 0 Å². The van der Waals surface area contributed by atoms with Gasteiger partial charge < -0.3 is 4.79 Å². The summed E-state index contributed by atoms with van der Waals surface area (Å²) < 4.78 is 0. The zero-order valence-corrected chi connectivity index (χ0v) is 10.7. The minimum Gasteiger partial charge on any atom is -0.303 e. The van der Waals surface area contributed by atoms with E-state index in [1.165, 1.54) is 5.56 Å². The third kappa shape index (κ3) is 2.94. The molecule has 2 atom stereocenters. The fourth-order valence-corrected chi connectivity index (χ4v) is 2.12. The molecule has 1 heteroatoms. The number of hydrogen-bond donors (Lipinski definition) is 0. The Hall–Kier alpha value is -1.11. The zero-order chi connectivity index (χ0) is 12.2. The van der Waals surface area contributed by atoms with E-state index in [9.17, 15) is 4.79 Å². The van der Waals surface area contributed by atoms with Crippen LogP contribution in [0.3, 0.4) is 0 Å². The lowest BCUT2D eigenvalue weighted by molar-refractivity contribution is -0.110. The first-order chi connectivity index (χ1) is 7.49. The summed E-state index contributed by atoms with van der Waals surface area (Å²) in [4.78, 5) is 10.7. The Kier molecular flexibility index (Phi) is 4.28. The molecular formula is C15H22O. The summed E-state index contributed by atoms with van der Waals surface area (Å²) in [7, 11) is 0. The first-order valence-corrected chi connectivity index (χ1v) is 5.97. The molecule has 16 heavy (non-hydrogen) atoms. The second kappa shape index (κ2) is 5.29. The van der Waals surface area contributed by atoms with Gasteiger partial charge in [0.05, 0.1) is 0 Å². The van der Waals surface area contributed by atoms with Crippen molar-refractivity contribution < 1.29 is 4.79 Å². The van der Waals surface area contributed by atoms with Crippen LogP contribution in [0, 0.1) is 11.3 Å². The van der Waals surface area contributed by atoms with Crippen LogP contribution in [-0.2, 0) is 4.79 Å². The molecule has 0 spiro atoms. The van der Waals surface area contributed by atoms with Gasteiger partial charge in [0.15, 0.2) is 0 Å². The van der Waals surface area contributed by atoms with Crippen molar-refractivity contribution in [2.45, 2.75) is 40.0 Å². The van der Waals surface area contributed by atoms with Crippen molar-refractivity contribution in [2.24, 2.45) is 11.3 Å². The smallest absolute Gasteiger partial charge is 0.120 e. The van der Waals surface area contributed by atoms with Gasteiger partial charge in [-0.05, 0) is 22.8 Å². The summed E-state index contributed by atoms with van der Waals surface area (Å²) >= 11 is 0. The van der Waals surface area contributed by atoms with Crippen LogP contribution < -0.4 is 0 Å². The van der Waals surface area contributed by atoms with Gasteiger partial charge in [0.1, 0.15) is 6.29 Å². The largest absolute Gasteiger partial charge is 0.303 e. The molecule has 1 aromatic rings. The highest BCUT2D eigenvalue weighted by Crippen LogP contribution is 2.39. The predicted molar refractivity (Wildman–Crippen MR) is 68.5 cm³/mol. The molecule has 0 radical (unpaired) electrons. The van der Waals surface area contributed by atoms with Crippen molar-refractivity contribution in [1.82, 2.24) is 0 Å². The number of benzene rings is 1.